The van der Waals surface area contributed by atoms with Crippen LogP contribution in [0.3, 0.4) is 0 Å². The molecule has 1 unspecified atom stereocenters. The fraction of sp³-hybridized carbons (Fsp3) is 0.538. The van der Waals surface area contributed by atoms with E-state index in [1.807, 2.05) is 4.90 Å². The minimum absolute atomic E-state index is 0.189. The van der Waals surface area contributed by atoms with Crippen molar-refractivity contribution in [2.45, 2.75) is 37.3 Å². The van der Waals surface area contributed by atoms with E-state index in [2.05, 4.69) is 11.9 Å². The Kier molecular flexibility index (Phi) is 4.89. The van der Waals surface area contributed by atoms with Gasteiger partial charge in [-0.25, -0.2) is 4.98 Å². The highest BCUT2D eigenvalue weighted by Crippen LogP contribution is 2.25. The first kappa shape index (κ1) is 13.7. The molecule has 0 spiro atoms. The van der Waals surface area contributed by atoms with Crippen LogP contribution in [0.1, 0.15) is 26.2 Å². The summed E-state index contributed by atoms with van der Waals surface area (Å²) in [5, 5.41) is 1.35. The molecule has 0 aliphatic carbocycles. The summed E-state index contributed by atoms with van der Waals surface area (Å²) in [6.45, 7) is 3.01. The number of carbonyl (C=O) groups is 1. The molecule has 2 rings (SSSR count). The number of carbonyl (C=O) groups excluding carboxylic acids is 1. The first-order valence-corrected chi connectivity index (χ1v) is 7.57. The molecule has 1 fully saturated rings. The van der Waals surface area contributed by atoms with Gasteiger partial charge in [-0.2, -0.15) is 0 Å². The summed E-state index contributed by atoms with van der Waals surface area (Å²) in [6.07, 6.45) is 5.15. The third-order valence-electron chi connectivity index (χ3n) is 3.18. The Balaban J connectivity index is 1.90. The van der Waals surface area contributed by atoms with E-state index in [9.17, 15) is 4.79 Å². The molecular weight excluding hydrogens is 268 g/mol. The summed E-state index contributed by atoms with van der Waals surface area (Å²) in [7, 11) is 0. The highest BCUT2D eigenvalue weighted by Gasteiger charge is 2.23. The zero-order valence-electron chi connectivity index (χ0n) is 10.4. The highest BCUT2D eigenvalue weighted by atomic mass is 35.5. The number of thioether (sulfide) groups is 1. The van der Waals surface area contributed by atoms with Crippen LogP contribution >= 0.6 is 23.4 Å². The monoisotopic (exact) mass is 284 g/mol. The molecule has 1 amide bonds. The molecule has 1 aliphatic heterocycles. The second-order valence-electron chi connectivity index (χ2n) is 4.51. The number of hydrogen-bond donors (Lipinski definition) is 0. The molecule has 1 aromatic rings. The van der Waals surface area contributed by atoms with E-state index in [0.717, 1.165) is 24.4 Å². The molecule has 0 radical (unpaired) electrons. The minimum Gasteiger partial charge on any atom is -0.339 e. The van der Waals surface area contributed by atoms with Crippen LogP contribution in [-0.2, 0) is 4.79 Å². The van der Waals surface area contributed by atoms with Gasteiger partial charge in [-0.05, 0) is 38.3 Å². The van der Waals surface area contributed by atoms with Gasteiger partial charge < -0.3 is 4.90 Å². The molecule has 18 heavy (non-hydrogen) atoms. The number of piperidine rings is 1. The maximum atomic E-state index is 12.1. The number of likely N-dealkylation sites (tertiary alicyclic amines) is 1. The van der Waals surface area contributed by atoms with Crippen molar-refractivity contribution in [2.24, 2.45) is 0 Å². The molecule has 1 saturated heterocycles. The molecule has 3 nitrogen and oxygen atoms in total. The fourth-order valence-electron chi connectivity index (χ4n) is 2.16. The molecule has 0 saturated carbocycles. The summed E-state index contributed by atoms with van der Waals surface area (Å²) in [6, 6.07) is 3.96. The zero-order valence-corrected chi connectivity index (χ0v) is 12.0. The van der Waals surface area contributed by atoms with Crippen LogP contribution < -0.4 is 0 Å². The molecule has 1 atom stereocenters. The van der Waals surface area contributed by atoms with E-state index >= 15 is 0 Å². The standard InChI is InChI=1S/C13H17ClN2OS/c1-10-5-2-3-8-16(10)12(17)9-18-13-11(14)6-4-7-15-13/h4,6-7,10H,2-3,5,8-9H2,1H3. The van der Waals surface area contributed by atoms with Gasteiger partial charge in [0.15, 0.2) is 0 Å². The van der Waals surface area contributed by atoms with Crippen LogP contribution in [0.4, 0.5) is 0 Å². The van der Waals surface area contributed by atoms with Gasteiger partial charge in [-0.3, -0.25) is 4.79 Å². The number of hydrogen-bond acceptors (Lipinski definition) is 3. The molecule has 0 N–H and O–H groups in total. The third kappa shape index (κ3) is 3.39. The van der Waals surface area contributed by atoms with E-state index < -0.39 is 0 Å². The van der Waals surface area contributed by atoms with Gasteiger partial charge in [-0.1, -0.05) is 23.4 Å². The van der Waals surface area contributed by atoms with Crippen molar-refractivity contribution in [2.75, 3.05) is 12.3 Å². The lowest BCUT2D eigenvalue weighted by Crippen LogP contribution is -2.42. The lowest BCUT2D eigenvalue weighted by atomic mass is 10.0. The van der Waals surface area contributed by atoms with Crippen molar-refractivity contribution in [3.8, 4) is 0 Å². The molecule has 98 valence electrons. The molecular formula is C13H17ClN2OS. The third-order valence-corrected chi connectivity index (χ3v) is 4.59. The number of aromatic nitrogens is 1. The van der Waals surface area contributed by atoms with Gasteiger partial charge in [-0.15, -0.1) is 0 Å². The van der Waals surface area contributed by atoms with Gasteiger partial charge in [0.25, 0.3) is 0 Å². The number of nitrogens with zero attached hydrogens (tertiary/aromatic N) is 2. The first-order chi connectivity index (χ1) is 8.68. The quantitative estimate of drug-likeness (QED) is 0.799. The largest absolute Gasteiger partial charge is 0.339 e. The average molecular weight is 285 g/mol. The van der Waals surface area contributed by atoms with Crippen molar-refractivity contribution in [1.82, 2.24) is 9.88 Å². The van der Waals surface area contributed by atoms with Gasteiger partial charge in [0.05, 0.1) is 10.8 Å². The Hall–Kier alpha value is -0.740. The number of amides is 1. The average Bonchev–Trinajstić information content (AvgIpc) is 2.38. The molecule has 0 bridgehead atoms. The molecule has 1 aliphatic rings. The minimum atomic E-state index is 0.189. The van der Waals surface area contributed by atoms with Crippen LogP contribution in [0, 0.1) is 0 Å². The van der Waals surface area contributed by atoms with Crippen molar-refractivity contribution in [1.29, 1.82) is 0 Å². The second-order valence-corrected chi connectivity index (χ2v) is 5.88. The molecule has 2 heterocycles. The van der Waals surface area contributed by atoms with Crippen LogP contribution in [0.25, 0.3) is 0 Å². The first-order valence-electron chi connectivity index (χ1n) is 6.21. The maximum absolute atomic E-state index is 12.1. The van der Waals surface area contributed by atoms with Crippen LogP contribution in [0.5, 0.6) is 0 Å². The van der Waals surface area contributed by atoms with E-state index in [1.54, 1.807) is 18.3 Å². The predicted octanol–water partition coefficient (Wildman–Crippen LogP) is 3.23. The summed E-state index contributed by atoms with van der Waals surface area (Å²) in [4.78, 5) is 18.3. The summed E-state index contributed by atoms with van der Waals surface area (Å²) in [5.74, 6) is 0.607. The van der Waals surface area contributed by atoms with Crippen LogP contribution in [0.2, 0.25) is 5.02 Å². The Bertz CT molecular complexity index is 427. The number of pyridine rings is 1. The number of halogens is 1. The predicted molar refractivity (Wildman–Crippen MR) is 75.0 cm³/mol. The second kappa shape index (κ2) is 6.43. The van der Waals surface area contributed by atoms with Crippen LogP contribution in [-0.4, -0.2) is 34.1 Å². The number of rotatable bonds is 3. The Morgan fingerprint density at radius 1 is 1.61 bits per heavy atom. The molecule has 5 heteroatoms. The van der Waals surface area contributed by atoms with Crippen molar-refractivity contribution in [3.63, 3.8) is 0 Å². The molecule has 0 aromatic carbocycles. The Morgan fingerprint density at radius 3 is 3.17 bits per heavy atom. The summed E-state index contributed by atoms with van der Waals surface area (Å²) >= 11 is 7.43. The fourth-order valence-corrected chi connectivity index (χ4v) is 3.21. The van der Waals surface area contributed by atoms with Crippen molar-refractivity contribution in [3.05, 3.63) is 23.4 Å². The Morgan fingerprint density at radius 2 is 2.44 bits per heavy atom. The van der Waals surface area contributed by atoms with E-state index in [-0.39, 0.29) is 5.91 Å². The van der Waals surface area contributed by atoms with Gasteiger partial charge in [0.1, 0.15) is 5.03 Å². The smallest absolute Gasteiger partial charge is 0.233 e. The van der Waals surface area contributed by atoms with Crippen LogP contribution in [0.15, 0.2) is 23.4 Å². The van der Waals surface area contributed by atoms with E-state index in [1.165, 1.54) is 18.2 Å². The van der Waals surface area contributed by atoms with Crippen molar-refractivity contribution >= 4 is 29.3 Å². The van der Waals surface area contributed by atoms with Crippen molar-refractivity contribution < 1.29 is 4.79 Å². The normalized spacial score (nSPS) is 19.9. The SMILES string of the molecule is CC1CCCCN1C(=O)CSc1ncccc1Cl. The Labute approximate surface area is 117 Å². The lowest BCUT2D eigenvalue weighted by Gasteiger charge is -2.33. The summed E-state index contributed by atoms with van der Waals surface area (Å²) in [5.41, 5.74) is 0. The molecule has 1 aromatic heterocycles. The highest BCUT2D eigenvalue weighted by molar-refractivity contribution is 8.00. The zero-order chi connectivity index (χ0) is 13.0. The van der Waals surface area contributed by atoms with E-state index in [4.69, 9.17) is 11.6 Å². The maximum Gasteiger partial charge on any atom is 0.233 e. The van der Waals surface area contributed by atoms with E-state index in [0.29, 0.717) is 16.8 Å². The summed E-state index contributed by atoms with van der Waals surface area (Å²) < 4.78 is 0. The lowest BCUT2D eigenvalue weighted by molar-refractivity contribution is -0.131. The topological polar surface area (TPSA) is 33.2 Å². The van der Waals surface area contributed by atoms with Gasteiger partial charge >= 0.3 is 0 Å². The van der Waals surface area contributed by atoms with Gasteiger partial charge in [0.2, 0.25) is 5.91 Å². The van der Waals surface area contributed by atoms with Gasteiger partial charge in [0, 0.05) is 18.8 Å².